The Morgan fingerprint density at radius 2 is 2.12 bits per heavy atom. The van der Waals surface area contributed by atoms with Crippen molar-refractivity contribution in [1.29, 1.82) is 0 Å². The molecule has 0 spiro atoms. The Labute approximate surface area is 95.3 Å². The van der Waals surface area contributed by atoms with E-state index in [-0.39, 0.29) is 11.6 Å². The number of hydrogen-bond donors (Lipinski definition) is 3. The van der Waals surface area contributed by atoms with Gasteiger partial charge in [0.25, 0.3) is 5.91 Å². The summed E-state index contributed by atoms with van der Waals surface area (Å²) in [7, 11) is 3.10. The summed E-state index contributed by atoms with van der Waals surface area (Å²) in [5.74, 6) is 5.20. The highest BCUT2D eigenvalue weighted by Gasteiger charge is 2.03. The van der Waals surface area contributed by atoms with Crippen molar-refractivity contribution in [2.75, 3.05) is 40.5 Å². The van der Waals surface area contributed by atoms with Crippen LogP contribution in [-0.4, -0.2) is 51.4 Å². The van der Waals surface area contributed by atoms with Gasteiger partial charge in [-0.2, -0.15) is 0 Å². The van der Waals surface area contributed by atoms with Gasteiger partial charge in [0.1, 0.15) is 5.70 Å². The van der Waals surface area contributed by atoms with Crippen LogP contribution >= 0.6 is 0 Å². The van der Waals surface area contributed by atoms with Gasteiger partial charge in [0.2, 0.25) is 0 Å². The second-order valence-electron chi connectivity index (χ2n) is 3.01. The van der Waals surface area contributed by atoms with E-state index in [0.717, 1.165) is 0 Å². The first-order chi connectivity index (χ1) is 7.61. The number of hydrogen-bond acceptors (Lipinski definition) is 6. The van der Waals surface area contributed by atoms with Gasteiger partial charge < -0.3 is 25.5 Å². The van der Waals surface area contributed by atoms with Gasteiger partial charge in [-0.05, 0) is 0 Å². The standard InChI is InChI=1S/C9H20N4O3/c1-12-9(14)8(10)7-13(11)3-4-16-6-5-15-2/h7H,3-6,10-11H2,1-2H3,(H,12,14)/b8-7-. The number of likely N-dealkylation sites (N-methyl/N-ethyl adjacent to an activating group) is 1. The largest absolute Gasteiger partial charge is 0.393 e. The normalized spacial score (nSPS) is 11.3. The molecule has 94 valence electrons. The third-order valence-electron chi connectivity index (χ3n) is 1.72. The number of nitrogens with one attached hydrogen (secondary N) is 1. The molecule has 0 radical (unpaired) electrons. The van der Waals surface area contributed by atoms with Crippen LogP contribution in [0.3, 0.4) is 0 Å². The highest BCUT2D eigenvalue weighted by molar-refractivity contribution is 5.91. The Kier molecular flexibility index (Phi) is 8.22. The first-order valence-electron chi connectivity index (χ1n) is 4.89. The summed E-state index contributed by atoms with van der Waals surface area (Å²) in [4.78, 5) is 11.0. The fraction of sp³-hybridized carbons (Fsp3) is 0.667. The Morgan fingerprint density at radius 1 is 1.44 bits per heavy atom. The molecule has 0 rings (SSSR count). The van der Waals surface area contributed by atoms with Gasteiger partial charge in [-0.3, -0.25) is 4.79 Å². The highest BCUT2D eigenvalue weighted by atomic mass is 16.5. The van der Waals surface area contributed by atoms with Crippen LogP contribution in [0.1, 0.15) is 0 Å². The number of methoxy groups -OCH3 is 1. The average Bonchev–Trinajstić information content (AvgIpc) is 2.27. The first kappa shape index (κ1) is 14.7. The number of rotatable bonds is 8. The van der Waals surface area contributed by atoms with Crippen molar-refractivity contribution in [3.63, 3.8) is 0 Å². The fourth-order valence-corrected chi connectivity index (χ4v) is 0.860. The summed E-state index contributed by atoms with van der Waals surface area (Å²) < 4.78 is 10.0. The molecule has 0 aliphatic rings. The van der Waals surface area contributed by atoms with E-state index in [1.165, 1.54) is 18.3 Å². The van der Waals surface area contributed by atoms with Crippen LogP contribution in [0.4, 0.5) is 0 Å². The summed E-state index contributed by atoms with van der Waals surface area (Å²) in [6.45, 7) is 1.94. The quantitative estimate of drug-likeness (QED) is 0.201. The molecule has 0 atom stereocenters. The minimum atomic E-state index is -0.365. The lowest BCUT2D eigenvalue weighted by Crippen LogP contribution is -2.33. The summed E-state index contributed by atoms with van der Waals surface area (Å²) in [6.07, 6.45) is 1.36. The van der Waals surface area contributed by atoms with E-state index >= 15 is 0 Å². The van der Waals surface area contributed by atoms with Crippen molar-refractivity contribution < 1.29 is 14.3 Å². The van der Waals surface area contributed by atoms with E-state index in [1.807, 2.05) is 0 Å². The number of ether oxygens (including phenoxy) is 2. The first-order valence-corrected chi connectivity index (χ1v) is 4.89. The average molecular weight is 232 g/mol. The molecule has 7 nitrogen and oxygen atoms in total. The Balaban J connectivity index is 3.72. The summed E-state index contributed by atoms with van der Waals surface area (Å²) in [5.41, 5.74) is 5.50. The zero-order chi connectivity index (χ0) is 12.4. The minimum Gasteiger partial charge on any atom is -0.393 e. The second-order valence-corrected chi connectivity index (χ2v) is 3.01. The van der Waals surface area contributed by atoms with Crippen LogP contribution in [0.2, 0.25) is 0 Å². The smallest absolute Gasteiger partial charge is 0.268 e. The number of carbonyl (C=O) groups is 1. The Morgan fingerprint density at radius 3 is 2.69 bits per heavy atom. The summed E-state index contributed by atoms with van der Waals surface area (Å²) in [6, 6.07) is 0. The molecule has 0 fully saturated rings. The molecule has 0 saturated heterocycles. The molecule has 7 heteroatoms. The van der Waals surface area contributed by atoms with E-state index in [2.05, 4.69) is 5.32 Å². The predicted molar refractivity (Wildman–Crippen MR) is 59.9 cm³/mol. The maximum atomic E-state index is 11.0. The van der Waals surface area contributed by atoms with Crippen molar-refractivity contribution >= 4 is 5.91 Å². The summed E-state index contributed by atoms with van der Waals surface area (Å²) >= 11 is 0. The molecular weight excluding hydrogens is 212 g/mol. The third kappa shape index (κ3) is 7.04. The lowest BCUT2D eigenvalue weighted by Gasteiger charge is -2.14. The predicted octanol–water partition coefficient (Wildman–Crippen LogP) is -1.63. The minimum absolute atomic E-state index is 0.0573. The van der Waals surface area contributed by atoms with E-state index in [4.69, 9.17) is 21.1 Å². The maximum Gasteiger partial charge on any atom is 0.268 e. The Bertz CT molecular complexity index is 233. The van der Waals surface area contributed by atoms with Crippen LogP contribution in [0.5, 0.6) is 0 Å². The molecule has 16 heavy (non-hydrogen) atoms. The van der Waals surface area contributed by atoms with Crippen LogP contribution < -0.4 is 16.9 Å². The number of amides is 1. The van der Waals surface area contributed by atoms with E-state index < -0.39 is 0 Å². The fourth-order valence-electron chi connectivity index (χ4n) is 0.860. The number of hydrazine groups is 1. The van der Waals surface area contributed by atoms with Crippen molar-refractivity contribution in [3.05, 3.63) is 11.9 Å². The number of nitrogens with two attached hydrogens (primary N) is 2. The van der Waals surface area contributed by atoms with Crippen molar-refractivity contribution in [2.24, 2.45) is 11.6 Å². The zero-order valence-corrected chi connectivity index (χ0v) is 9.73. The molecule has 0 aromatic carbocycles. The number of nitrogens with zero attached hydrogens (tertiary/aromatic N) is 1. The molecule has 5 N–H and O–H groups in total. The molecule has 0 aromatic rings. The van der Waals surface area contributed by atoms with Crippen molar-refractivity contribution in [1.82, 2.24) is 10.3 Å². The second kappa shape index (κ2) is 8.96. The van der Waals surface area contributed by atoms with Crippen LogP contribution in [-0.2, 0) is 14.3 Å². The van der Waals surface area contributed by atoms with E-state index in [9.17, 15) is 4.79 Å². The number of carbonyl (C=O) groups excluding carboxylic acids is 1. The SMILES string of the molecule is CNC(=O)/C(N)=C/N(N)CCOCCOC. The lowest BCUT2D eigenvalue weighted by atomic mass is 10.4. The van der Waals surface area contributed by atoms with Crippen LogP contribution in [0.25, 0.3) is 0 Å². The molecule has 1 amide bonds. The van der Waals surface area contributed by atoms with Crippen LogP contribution in [0, 0.1) is 0 Å². The van der Waals surface area contributed by atoms with Crippen LogP contribution in [0.15, 0.2) is 11.9 Å². The van der Waals surface area contributed by atoms with Gasteiger partial charge in [0, 0.05) is 20.4 Å². The van der Waals surface area contributed by atoms with Gasteiger partial charge in [0.15, 0.2) is 0 Å². The van der Waals surface area contributed by atoms with E-state index in [1.54, 1.807) is 7.11 Å². The van der Waals surface area contributed by atoms with Crippen molar-refractivity contribution in [3.8, 4) is 0 Å². The summed E-state index contributed by atoms with van der Waals surface area (Å²) in [5, 5.41) is 3.69. The van der Waals surface area contributed by atoms with E-state index in [0.29, 0.717) is 26.4 Å². The van der Waals surface area contributed by atoms with Gasteiger partial charge in [-0.15, -0.1) is 0 Å². The van der Waals surface area contributed by atoms with Crippen molar-refractivity contribution in [2.45, 2.75) is 0 Å². The molecule has 0 aromatic heterocycles. The van der Waals surface area contributed by atoms with Gasteiger partial charge >= 0.3 is 0 Å². The molecule has 0 saturated carbocycles. The molecule has 0 heterocycles. The van der Waals surface area contributed by atoms with Gasteiger partial charge in [0.05, 0.1) is 26.4 Å². The maximum absolute atomic E-state index is 11.0. The molecular formula is C9H20N4O3. The zero-order valence-electron chi connectivity index (χ0n) is 9.73. The highest BCUT2D eigenvalue weighted by Crippen LogP contribution is 1.88. The monoisotopic (exact) mass is 232 g/mol. The molecule has 0 bridgehead atoms. The molecule has 0 aliphatic heterocycles. The topological polar surface area (TPSA) is 103 Å². The Hall–Kier alpha value is -1.31. The van der Waals surface area contributed by atoms with Gasteiger partial charge in [-0.1, -0.05) is 0 Å². The van der Waals surface area contributed by atoms with Gasteiger partial charge in [-0.25, -0.2) is 5.84 Å². The third-order valence-corrected chi connectivity index (χ3v) is 1.72. The lowest BCUT2D eigenvalue weighted by molar-refractivity contribution is -0.117. The molecule has 0 aliphatic carbocycles. The molecule has 0 unspecified atom stereocenters.